The summed E-state index contributed by atoms with van der Waals surface area (Å²) in [6.45, 7) is 5.45. The number of hydrogen-bond acceptors (Lipinski definition) is 4. The van der Waals surface area contributed by atoms with Crippen molar-refractivity contribution in [1.82, 2.24) is 5.32 Å². The van der Waals surface area contributed by atoms with Gasteiger partial charge in [-0.3, -0.25) is 4.79 Å². The summed E-state index contributed by atoms with van der Waals surface area (Å²) in [6.07, 6.45) is 3.65. The van der Waals surface area contributed by atoms with Crippen LogP contribution in [-0.4, -0.2) is 31.2 Å². The first-order chi connectivity index (χ1) is 8.67. The highest BCUT2D eigenvalue weighted by Gasteiger charge is 2.47. The molecule has 0 spiro atoms. The average molecular weight is 254 g/mol. The Morgan fingerprint density at radius 2 is 2.44 bits per heavy atom. The van der Waals surface area contributed by atoms with Crippen molar-refractivity contribution in [3.8, 4) is 0 Å². The highest BCUT2D eigenvalue weighted by atomic mass is 16.5. The summed E-state index contributed by atoms with van der Waals surface area (Å²) in [5.74, 6) is 0.148. The van der Waals surface area contributed by atoms with Gasteiger partial charge >= 0.3 is 5.97 Å². The summed E-state index contributed by atoms with van der Waals surface area (Å²) in [5, 5.41) is 6.81. The number of carbonyl (C=O) groups excluding carboxylic acids is 1. The van der Waals surface area contributed by atoms with E-state index in [1.165, 1.54) is 0 Å². The first-order valence-electron chi connectivity index (χ1n) is 6.60. The van der Waals surface area contributed by atoms with Crippen molar-refractivity contribution in [3.63, 3.8) is 0 Å². The van der Waals surface area contributed by atoms with Crippen molar-refractivity contribution < 1.29 is 9.53 Å². The number of carbonyl (C=O) groups is 1. The summed E-state index contributed by atoms with van der Waals surface area (Å²) in [6, 6.07) is 0. The monoisotopic (exact) mass is 254 g/mol. The predicted octanol–water partition coefficient (Wildman–Crippen LogP) is 2.40. The van der Waals surface area contributed by atoms with E-state index < -0.39 is 5.54 Å². The van der Waals surface area contributed by atoms with Crippen LogP contribution in [-0.2, 0) is 9.53 Å². The van der Waals surface area contributed by atoms with E-state index in [4.69, 9.17) is 10.3 Å². The Balaban J connectivity index is 2.56. The van der Waals surface area contributed by atoms with Crippen LogP contribution in [0.5, 0.6) is 0 Å². The van der Waals surface area contributed by atoms with Gasteiger partial charge in [0.1, 0.15) is 5.54 Å². The minimum Gasteiger partial charge on any atom is -0.465 e. The first-order valence-corrected chi connectivity index (χ1v) is 6.60. The maximum absolute atomic E-state index is 12.1. The van der Waals surface area contributed by atoms with Crippen molar-refractivity contribution in [2.45, 2.75) is 45.1 Å². The molecule has 2 unspecified atom stereocenters. The lowest BCUT2D eigenvalue weighted by Gasteiger charge is -2.32. The average Bonchev–Trinajstić information content (AvgIpc) is 2.72. The van der Waals surface area contributed by atoms with Gasteiger partial charge in [-0.2, -0.15) is 0 Å². The molecule has 0 aromatic rings. The van der Waals surface area contributed by atoms with Crippen LogP contribution < -0.4 is 5.32 Å². The molecule has 1 rings (SSSR count). The third kappa shape index (κ3) is 3.37. The lowest BCUT2D eigenvalue weighted by molar-refractivity contribution is -0.152. The summed E-state index contributed by atoms with van der Waals surface area (Å²) in [7, 11) is 0. The second-order valence-electron chi connectivity index (χ2n) is 4.72. The van der Waals surface area contributed by atoms with Crippen molar-refractivity contribution in [1.29, 1.82) is 0 Å². The van der Waals surface area contributed by atoms with Crippen LogP contribution >= 0.6 is 0 Å². The van der Waals surface area contributed by atoms with Crippen molar-refractivity contribution in [2.24, 2.45) is 11.0 Å². The Morgan fingerprint density at radius 3 is 3.00 bits per heavy atom. The molecule has 102 valence electrons. The topological polar surface area (TPSA) is 87.1 Å². The third-order valence-corrected chi connectivity index (χ3v) is 3.63. The molecule has 0 heterocycles. The Bertz CT molecular complexity index is 328. The van der Waals surface area contributed by atoms with Gasteiger partial charge in [-0.15, -0.1) is 0 Å². The molecule has 0 aromatic heterocycles. The van der Waals surface area contributed by atoms with E-state index in [9.17, 15) is 4.79 Å². The zero-order valence-electron chi connectivity index (χ0n) is 11.2. The van der Waals surface area contributed by atoms with E-state index in [0.29, 0.717) is 19.7 Å². The lowest BCUT2D eigenvalue weighted by atomic mass is 9.88. The van der Waals surface area contributed by atoms with Crippen LogP contribution in [0.1, 0.15) is 39.5 Å². The largest absolute Gasteiger partial charge is 0.465 e. The van der Waals surface area contributed by atoms with E-state index in [1.807, 2.05) is 6.92 Å². The minimum atomic E-state index is -0.535. The van der Waals surface area contributed by atoms with Crippen molar-refractivity contribution in [2.75, 3.05) is 19.7 Å². The number of rotatable bonds is 7. The number of hydrogen-bond donors (Lipinski definition) is 1. The Morgan fingerprint density at radius 1 is 1.67 bits per heavy atom. The smallest absolute Gasteiger partial charge is 0.326 e. The zero-order valence-corrected chi connectivity index (χ0v) is 11.2. The summed E-state index contributed by atoms with van der Waals surface area (Å²) in [5.41, 5.74) is 7.66. The van der Waals surface area contributed by atoms with Crippen molar-refractivity contribution >= 4 is 5.97 Å². The van der Waals surface area contributed by atoms with Gasteiger partial charge in [0.15, 0.2) is 0 Å². The molecule has 2 atom stereocenters. The molecule has 6 nitrogen and oxygen atoms in total. The third-order valence-electron chi connectivity index (χ3n) is 3.63. The van der Waals surface area contributed by atoms with E-state index in [0.717, 1.165) is 25.7 Å². The maximum atomic E-state index is 12.1. The molecular weight excluding hydrogens is 232 g/mol. The van der Waals surface area contributed by atoms with E-state index >= 15 is 0 Å². The van der Waals surface area contributed by atoms with Crippen LogP contribution in [0.15, 0.2) is 5.11 Å². The predicted molar refractivity (Wildman–Crippen MR) is 69.0 cm³/mol. The van der Waals surface area contributed by atoms with Crippen LogP contribution in [0.4, 0.5) is 0 Å². The highest BCUT2D eigenvalue weighted by Crippen LogP contribution is 2.36. The lowest BCUT2D eigenvalue weighted by Crippen LogP contribution is -2.55. The molecule has 1 aliphatic carbocycles. The van der Waals surface area contributed by atoms with Gasteiger partial charge in [0, 0.05) is 11.5 Å². The van der Waals surface area contributed by atoms with Gasteiger partial charge in [-0.25, -0.2) is 0 Å². The van der Waals surface area contributed by atoms with Gasteiger partial charge in [-0.05, 0) is 44.2 Å². The fraction of sp³-hybridized carbons (Fsp3) is 0.917. The highest BCUT2D eigenvalue weighted by molar-refractivity contribution is 5.81. The molecule has 0 aliphatic heterocycles. The van der Waals surface area contributed by atoms with Gasteiger partial charge in [-0.1, -0.05) is 18.5 Å². The fourth-order valence-corrected chi connectivity index (χ4v) is 2.58. The molecule has 1 aliphatic rings. The summed E-state index contributed by atoms with van der Waals surface area (Å²) >= 11 is 0. The Labute approximate surface area is 108 Å². The standard InChI is InChI=1S/C12H22N4O2/c1-3-18-11(17)12(7-4-6-10(12)2)14-8-5-9-15-16-13/h10,14H,3-9H2,1-2H3. The normalized spacial score (nSPS) is 26.7. The Hall–Kier alpha value is -1.26. The molecule has 0 saturated heterocycles. The number of ether oxygens (including phenoxy) is 1. The number of azide groups is 1. The number of nitrogens with zero attached hydrogens (tertiary/aromatic N) is 3. The van der Waals surface area contributed by atoms with E-state index in [2.05, 4.69) is 22.3 Å². The van der Waals surface area contributed by atoms with Gasteiger partial charge in [0.05, 0.1) is 6.61 Å². The molecule has 1 N–H and O–H groups in total. The molecule has 1 saturated carbocycles. The molecular formula is C12H22N4O2. The van der Waals surface area contributed by atoms with Crippen molar-refractivity contribution in [3.05, 3.63) is 10.4 Å². The first kappa shape index (κ1) is 14.8. The zero-order chi connectivity index (χ0) is 13.4. The molecule has 6 heteroatoms. The van der Waals surface area contributed by atoms with Crippen LogP contribution in [0.3, 0.4) is 0 Å². The number of esters is 1. The molecule has 0 amide bonds. The fourth-order valence-electron chi connectivity index (χ4n) is 2.58. The summed E-state index contributed by atoms with van der Waals surface area (Å²) < 4.78 is 5.19. The minimum absolute atomic E-state index is 0.140. The molecule has 18 heavy (non-hydrogen) atoms. The second kappa shape index (κ2) is 7.24. The van der Waals surface area contributed by atoms with E-state index in [-0.39, 0.29) is 11.9 Å². The molecule has 0 aromatic carbocycles. The number of nitrogens with one attached hydrogen (secondary N) is 1. The van der Waals surface area contributed by atoms with Crippen LogP contribution in [0.2, 0.25) is 0 Å². The van der Waals surface area contributed by atoms with Gasteiger partial charge in [0.2, 0.25) is 0 Å². The molecule has 1 fully saturated rings. The van der Waals surface area contributed by atoms with Gasteiger partial charge in [0.25, 0.3) is 0 Å². The second-order valence-corrected chi connectivity index (χ2v) is 4.72. The van der Waals surface area contributed by atoms with Crippen LogP contribution in [0, 0.1) is 5.92 Å². The summed E-state index contributed by atoms with van der Waals surface area (Å²) in [4.78, 5) is 14.8. The van der Waals surface area contributed by atoms with Gasteiger partial charge < -0.3 is 10.1 Å². The van der Waals surface area contributed by atoms with E-state index in [1.54, 1.807) is 0 Å². The maximum Gasteiger partial charge on any atom is 0.326 e. The molecule has 0 radical (unpaired) electrons. The SMILES string of the molecule is CCOC(=O)C1(NCCCN=[N+]=[N-])CCCC1C. The van der Waals surface area contributed by atoms with Crippen LogP contribution in [0.25, 0.3) is 10.4 Å². The Kier molecular flexibility index (Phi) is 5.95. The quantitative estimate of drug-likeness (QED) is 0.249. The molecule has 0 bridgehead atoms.